The van der Waals surface area contributed by atoms with Crippen LogP contribution in [0.25, 0.3) is 0 Å². The number of benzene rings is 2. The molecular formula is C15H15BrN2O. The van der Waals surface area contributed by atoms with Crippen molar-refractivity contribution in [2.24, 2.45) is 0 Å². The Bertz CT molecular complexity index is 625. The summed E-state index contributed by atoms with van der Waals surface area (Å²) in [7, 11) is 1.74. The maximum Gasteiger partial charge on any atom is 0.259 e. The van der Waals surface area contributed by atoms with E-state index in [0.717, 1.165) is 15.7 Å². The lowest BCUT2D eigenvalue weighted by Crippen LogP contribution is -2.26. The van der Waals surface area contributed by atoms with E-state index < -0.39 is 0 Å². The van der Waals surface area contributed by atoms with E-state index in [1.165, 1.54) is 0 Å². The van der Waals surface area contributed by atoms with Gasteiger partial charge in [-0.1, -0.05) is 18.2 Å². The first kappa shape index (κ1) is 13.6. The van der Waals surface area contributed by atoms with Gasteiger partial charge in [0, 0.05) is 22.9 Å². The molecule has 0 aliphatic heterocycles. The lowest BCUT2D eigenvalue weighted by molar-refractivity contribution is 0.0992. The number of halogens is 1. The molecule has 4 heteroatoms. The van der Waals surface area contributed by atoms with E-state index in [0.29, 0.717) is 11.3 Å². The SMILES string of the molecule is Cc1cccc(C(=O)N(C)c2cccc(N)c2)c1Br. The van der Waals surface area contributed by atoms with E-state index >= 15 is 0 Å². The third-order valence-corrected chi connectivity index (χ3v) is 4.04. The second kappa shape index (κ2) is 5.45. The molecule has 1 amide bonds. The van der Waals surface area contributed by atoms with Gasteiger partial charge in [0.05, 0.1) is 5.56 Å². The van der Waals surface area contributed by atoms with E-state index in [-0.39, 0.29) is 5.91 Å². The predicted molar refractivity (Wildman–Crippen MR) is 82.5 cm³/mol. The van der Waals surface area contributed by atoms with Crippen LogP contribution in [0, 0.1) is 6.92 Å². The number of nitrogens with zero attached hydrogens (tertiary/aromatic N) is 1. The fraction of sp³-hybridized carbons (Fsp3) is 0.133. The van der Waals surface area contributed by atoms with Gasteiger partial charge in [0.2, 0.25) is 0 Å². The van der Waals surface area contributed by atoms with Crippen LogP contribution >= 0.6 is 15.9 Å². The van der Waals surface area contributed by atoms with E-state index in [4.69, 9.17) is 5.73 Å². The lowest BCUT2D eigenvalue weighted by atomic mass is 10.1. The summed E-state index contributed by atoms with van der Waals surface area (Å²) in [5.41, 5.74) is 8.84. The number of rotatable bonds is 2. The minimum Gasteiger partial charge on any atom is -0.399 e. The van der Waals surface area contributed by atoms with Gasteiger partial charge in [-0.15, -0.1) is 0 Å². The van der Waals surface area contributed by atoms with E-state index in [1.54, 1.807) is 24.1 Å². The van der Waals surface area contributed by atoms with Gasteiger partial charge in [-0.25, -0.2) is 0 Å². The van der Waals surface area contributed by atoms with Crippen molar-refractivity contribution in [3.05, 3.63) is 58.1 Å². The normalized spacial score (nSPS) is 10.3. The van der Waals surface area contributed by atoms with Gasteiger partial charge in [-0.05, 0) is 52.7 Å². The first-order valence-electron chi connectivity index (χ1n) is 5.89. The van der Waals surface area contributed by atoms with Crippen molar-refractivity contribution < 1.29 is 4.79 Å². The summed E-state index contributed by atoms with van der Waals surface area (Å²) >= 11 is 3.46. The molecule has 0 aliphatic rings. The molecule has 0 saturated heterocycles. The van der Waals surface area contributed by atoms with Crippen LogP contribution in [-0.2, 0) is 0 Å². The average molecular weight is 319 g/mol. The second-order valence-electron chi connectivity index (χ2n) is 4.40. The van der Waals surface area contributed by atoms with Crippen molar-refractivity contribution in [3.63, 3.8) is 0 Å². The number of nitrogens with two attached hydrogens (primary N) is 1. The molecule has 0 saturated carbocycles. The highest BCUT2D eigenvalue weighted by Crippen LogP contribution is 2.24. The van der Waals surface area contributed by atoms with Gasteiger partial charge in [0.1, 0.15) is 0 Å². The number of carbonyl (C=O) groups excluding carboxylic acids is 1. The topological polar surface area (TPSA) is 46.3 Å². The zero-order chi connectivity index (χ0) is 14.0. The Morgan fingerprint density at radius 3 is 2.58 bits per heavy atom. The molecule has 0 fully saturated rings. The van der Waals surface area contributed by atoms with Gasteiger partial charge >= 0.3 is 0 Å². The van der Waals surface area contributed by atoms with Crippen LogP contribution in [0.3, 0.4) is 0 Å². The standard InChI is InChI=1S/C15H15BrN2O/c1-10-5-3-8-13(14(10)16)15(19)18(2)12-7-4-6-11(17)9-12/h3-9H,17H2,1-2H3. The second-order valence-corrected chi connectivity index (χ2v) is 5.19. The van der Waals surface area contributed by atoms with Crippen LogP contribution in [0.15, 0.2) is 46.9 Å². The summed E-state index contributed by atoms with van der Waals surface area (Å²) in [6, 6.07) is 12.9. The van der Waals surface area contributed by atoms with Crippen molar-refractivity contribution in [2.45, 2.75) is 6.92 Å². The largest absolute Gasteiger partial charge is 0.399 e. The first-order valence-corrected chi connectivity index (χ1v) is 6.68. The van der Waals surface area contributed by atoms with Crippen LogP contribution in [-0.4, -0.2) is 13.0 Å². The van der Waals surface area contributed by atoms with Crippen molar-refractivity contribution in [1.82, 2.24) is 0 Å². The number of hydrogen-bond acceptors (Lipinski definition) is 2. The van der Waals surface area contributed by atoms with Crippen LogP contribution in [0.2, 0.25) is 0 Å². The van der Waals surface area contributed by atoms with E-state index in [2.05, 4.69) is 15.9 Å². The minimum atomic E-state index is -0.0684. The maximum absolute atomic E-state index is 12.5. The molecule has 0 unspecified atom stereocenters. The fourth-order valence-corrected chi connectivity index (χ4v) is 2.28. The number of carbonyl (C=O) groups is 1. The number of nitrogen functional groups attached to an aromatic ring is 1. The van der Waals surface area contributed by atoms with Crippen molar-refractivity contribution in [2.75, 3.05) is 17.7 Å². The fourth-order valence-electron chi connectivity index (χ4n) is 1.84. The minimum absolute atomic E-state index is 0.0684. The zero-order valence-electron chi connectivity index (χ0n) is 10.9. The molecule has 19 heavy (non-hydrogen) atoms. The summed E-state index contributed by atoms with van der Waals surface area (Å²) in [4.78, 5) is 14.1. The highest BCUT2D eigenvalue weighted by molar-refractivity contribution is 9.10. The summed E-state index contributed by atoms with van der Waals surface area (Å²) in [6.07, 6.45) is 0. The van der Waals surface area contributed by atoms with Crippen LogP contribution in [0.1, 0.15) is 15.9 Å². The smallest absolute Gasteiger partial charge is 0.259 e. The molecule has 0 radical (unpaired) electrons. The maximum atomic E-state index is 12.5. The van der Waals surface area contributed by atoms with Gasteiger partial charge in [-0.3, -0.25) is 4.79 Å². The Balaban J connectivity index is 2.36. The monoisotopic (exact) mass is 318 g/mol. The molecular weight excluding hydrogens is 304 g/mol. The van der Waals surface area contributed by atoms with Gasteiger partial charge in [0.15, 0.2) is 0 Å². The summed E-state index contributed by atoms with van der Waals surface area (Å²) in [5.74, 6) is -0.0684. The Hall–Kier alpha value is -1.81. The number of aryl methyl sites for hydroxylation is 1. The van der Waals surface area contributed by atoms with Gasteiger partial charge in [0.25, 0.3) is 5.91 Å². The molecule has 0 atom stereocenters. The molecule has 2 rings (SSSR count). The molecule has 0 heterocycles. The predicted octanol–water partition coefficient (Wildman–Crippen LogP) is 3.62. The number of hydrogen-bond donors (Lipinski definition) is 1. The molecule has 2 aromatic rings. The highest BCUT2D eigenvalue weighted by atomic mass is 79.9. The summed E-state index contributed by atoms with van der Waals surface area (Å²) in [6.45, 7) is 1.96. The lowest BCUT2D eigenvalue weighted by Gasteiger charge is -2.19. The van der Waals surface area contributed by atoms with Crippen LogP contribution in [0.5, 0.6) is 0 Å². The molecule has 2 aromatic carbocycles. The van der Waals surface area contributed by atoms with Crippen LogP contribution in [0.4, 0.5) is 11.4 Å². The van der Waals surface area contributed by atoms with Crippen molar-refractivity contribution in [1.29, 1.82) is 0 Å². The average Bonchev–Trinajstić information content (AvgIpc) is 2.40. The molecule has 0 aliphatic carbocycles. The van der Waals surface area contributed by atoms with Gasteiger partial charge in [-0.2, -0.15) is 0 Å². The quantitative estimate of drug-likeness (QED) is 0.860. The molecule has 98 valence electrons. The Morgan fingerprint density at radius 2 is 1.89 bits per heavy atom. The Kier molecular flexibility index (Phi) is 3.90. The summed E-state index contributed by atoms with van der Waals surface area (Å²) < 4.78 is 0.829. The van der Waals surface area contributed by atoms with Crippen molar-refractivity contribution >= 4 is 33.2 Å². The third-order valence-electron chi connectivity index (χ3n) is 2.98. The van der Waals surface area contributed by atoms with E-state index in [1.807, 2.05) is 37.3 Å². The van der Waals surface area contributed by atoms with Crippen molar-refractivity contribution in [3.8, 4) is 0 Å². The molecule has 3 nitrogen and oxygen atoms in total. The Labute approximate surface area is 121 Å². The Morgan fingerprint density at radius 1 is 1.21 bits per heavy atom. The number of amides is 1. The van der Waals surface area contributed by atoms with Crippen LogP contribution < -0.4 is 10.6 Å². The molecule has 2 N–H and O–H groups in total. The van der Waals surface area contributed by atoms with Gasteiger partial charge < -0.3 is 10.6 Å². The van der Waals surface area contributed by atoms with E-state index in [9.17, 15) is 4.79 Å². The zero-order valence-corrected chi connectivity index (χ0v) is 12.4. The summed E-state index contributed by atoms with van der Waals surface area (Å²) in [5, 5.41) is 0. The first-order chi connectivity index (χ1) is 9.00. The number of anilines is 2. The third kappa shape index (κ3) is 2.79. The molecule has 0 aromatic heterocycles. The molecule has 0 spiro atoms. The highest BCUT2D eigenvalue weighted by Gasteiger charge is 2.17. The molecule has 0 bridgehead atoms.